The van der Waals surface area contributed by atoms with Crippen LogP contribution in [-0.4, -0.2) is 67.7 Å². The molecular weight excluding hydrogens is 366 g/mol. The van der Waals surface area contributed by atoms with Gasteiger partial charge in [-0.15, -0.1) is 0 Å². The fourth-order valence-corrected chi connectivity index (χ4v) is 4.23. The summed E-state index contributed by atoms with van der Waals surface area (Å²) in [6.07, 6.45) is 0.518. The Hall–Kier alpha value is -3.23. The minimum atomic E-state index is -1.62. The Bertz CT molecular complexity index is 893. The molecule has 2 saturated heterocycles. The topological polar surface area (TPSA) is 115 Å². The number of benzene rings is 1. The molecule has 0 spiro atoms. The number of carbonyl (C=O) groups excluding carboxylic acids is 4. The fraction of sp³-hybridized carbons (Fsp3) is 0.421. The third-order valence-corrected chi connectivity index (χ3v) is 5.75. The molecule has 28 heavy (non-hydrogen) atoms. The number of imide groups is 1. The Balaban J connectivity index is 1.77. The number of hydrogen-bond acceptors (Lipinski definition) is 5. The van der Waals surface area contributed by atoms with Gasteiger partial charge in [0.1, 0.15) is 6.04 Å². The third-order valence-electron chi connectivity index (χ3n) is 5.75. The lowest BCUT2D eigenvalue weighted by molar-refractivity contribution is -0.194. The summed E-state index contributed by atoms with van der Waals surface area (Å²) in [5.41, 5.74) is -1.22. The summed E-state index contributed by atoms with van der Waals surface area (Å²) in [6.45, 7) is 1.61. The number of carbonyl (C=O) groups is 5. The Labute approximate surface area is 160 Å². The first-order valence-corrected chi connectivity index (χ1v) is 9.12. The molecule has 2 fully saturated rings. The van der Waals surface area contributed by atoms with Crippen molar-refractivity contribution in [2.45, 2.75) is 44.2 Å². The van der Waals surface area contributed by atoms with Gasteiger partial charge in [0, 0.05) is 13.0 Å². The van der Waals surface area contributed by atoms with Gasteiger partial charge < -0.3 is 5.11 Å². The molecule has 1 aromatic rings. The molecule has 0 radical (unpaired) electrons. The van der Waals surface area contributed by atoms with Gasteiger partial charge in [0.15, 0.2) is 5.54 Å². The van der Waals surface area contributed by atoms with E-state index in [1.807, 2.05) is 0 Å². The molecule has 0 saturated carbocycles. The van der Waals surface area contributed by atoms with Gasteiger partial charge in [-0.3, -0.25) is 29.1 Å². The molecule has 1 aromatic carbocycles. The van der Waals surface area contributed by atoms with Gasteiger partial charge >= 0.3 is 5.97 Å². The first-order valence-electron chi connectivity index (χ1n) is 9.12. The van der Waals surface area contributed by atoms with Gasteiger partial charge in [0.2, 0.25) is 5.91 Å². The molecule has 146 valence electrons. The highest BCUT2D eigenvalue weighted by Gasteiger charge is 2.55. The number of carboxylic acids is 1. The van der Waals surface area contributed by atoms with Crippen LogP contribution in [0.4, 0.5) is 0 Å². The predicted molar refractivity (Wildman–Crippen MR) is 93.8 cm³/mol. The van der Waals surface area contributed by atoms with Crippen LogP contribution in [0.5, 0.6) is 0 Å². The van der Waals surface area contributed by atoms with Crippen molar-refractivity contribution in [3.05, 3.63) is 35.4 Å². The molecule has 2 unspecified atom stereocenters. The Kier molecular flexibility index (Phi) is 3.99. The van der Waals surface area contributed by atoms with Gasteiger partial charge in [-0.05, 0) is 38.3 Å². The Morgan fingerprint density at radius 3 is 2.29 bits per heavy atom. The third kappa shape index (κ3) is 2.35. The van der Waals surface area contributed by atoms with E-state index in [4.69, 9.17) is 0 Å². The van der Waals surface area contributed by atoms with Gasteiger partial charge in [0.25, 0.3) is 17.7 Å². The molecule has 3 heterocycles. The lowest BCUT2D eigenvalue weighted by Crippen LogP contribution is -2.68. The molecular formula is C19H19N3O6. The zero-order chi connectivity index (χ0) is 20.2. The van der Waals surface area contributed by atoms with E-state index in [1.165, 1.54) is 19.1 Å². The Morgan fingerprint density at radius 2 is 1.71 bits per heavy atom. The van der Waals surface area contributed by atoms with Gasteiger partial charge in [-0.1, -0.05) is 12.1 Å². The van der Waals surface area contributed by atoms with Gasteiger partial charge in [-0.25, -0.2) is 9.80 Å². The summed E-state index contributed by atoms with van der Waals surface area (Å²) in [5.74, 6) is -3.55. The summed E-state index contributed by atoms with van der Waals surface area (Å²) < 4.78 is 0. The van der Waals surface area contributed by atoms with Crippen molar-refractivity contribution in [3.63, 3.8) is 0 Å². The molecule has 4 rings (SSSR count). The maximum atomic E-state index is 13.4. The van der Waals surface area contributed by atoms with Crippen molar-refractivity contribution in [1.29, 1.82) is 0 Å². The summed E-state index contributed by atoms with van der Waals surface area (Å²) in [7, 11) is 0. The van der Waals surface area contributed by atoms with Crippen molar-refractivity contribution in [3.8, 4) is 0 Å². The smallest absolute Gasteiger partial charge is 0.331 e. The van der Waals surface area contributed by atoms with Crippen LogP contribution in [0.25, 0.3) is 0 Å². The van der Waals surface area contributed by atoms with E-state index < -0.39 is 35.3 Å². The number of aliphatic carboxylic acids is 1. The molecule has 0 aromatic heterocycles. The lowest BCUT2D eigenvalue weighted by atomic mass is 9.92. The summed E-state index contributed by atoms with van der Waals surface area (Å²) in [4.78, 5) is 64.5. The second kappa shape index (κ2) is 6.15. The minimum absolute atomic E-state index is 0.0359. The highest BCUT2D eigenvalue weighted by Crippen LogP contribution is 2.35. The second-order valence-electron chi connectivity index (χ2n) is 7.43. The van der Waals surface area contributed by atoms with Crippen LogP contribution in [-0.2, 0) is 14.4 Å². The van der Waals surface area contributed by atoms with E-state index in [-0.39, 0.29) is 42.8 Å². The van der Waals surface area contributed by atoms with Crippen molar-refractivity contribution in [2.24, 2.45) is 0 Å². The molecule has 0 bridgehead atoms. The zero-order valence-electron chi connectivity index (χ0n) is 15.3. The van der Waals surface area contributed by atoms with E-state index >= 15 is 0 Å². The summed E-state index contributed by atoms with van der Waals surface area (Å²) in [5, 5.41) is 11.9. The van der Waals surface area contributed by atoms with E-state index in [9.17, 15) is 29.1 Å². The number of nitrogens with zero attached hydrogens (tertiary/aromatic N) is 3. The quantitative estimate of drug-likeness (QED) is 0.748. The first kappa shape index (κ1) is 18.1. The fourth-order valence-electron chi connectivity index (χ4n) is 4.23. The number of rotatable bonds is 2. The van der Waals surface area contributed by atoms with Gasteiger partial charge in [0.05, 0.1) is 11.1 Å². The van der Waals surface area contributed by atoms with Crippen LogP contribution < -0.4 is 0 Å². The average molecular weight is 385 g/mol. The molecule has 2 atom stereocenters. The van der Waals surface area contributed by atoms with Gasteiger partial charge in [-0.2, -0.15) is 0 Å². The number of hydrazine groups is 1. The largest absolute Gasteiger partial charge is 0.479 e. The van der Waals surface area contributed by atoms with Crippen LogP contribution in [0, 0.1) is 0 Å². The number of hydrogen-bond donors (Lipinski definition) is 1. The highest BCUT2D eigenvalue weighted by molar-refractivity contribution is 6.23. The molecule has 9 heteroatoms. The predicted octanol–water partition coefficient (Wildman–Crippen LogP) is 0.654. The van der Waals surface area contributed by atoms with E-state index in [0.29, 0.717) is 6.42 Å². The Morgan fingerprint density at radius 1 is 1.11 bits per heavy atom. The van der Waals surface area contributed by atoms with Crippen LogP contribution >= 0.6 is 0 Å². The molecule has 9 nitrogen and oxygen atoms in total. The highest BCUT2D eigenvalue weighted by atomic mass is 16.4. The van der Waals surface area contributed by atoms with Crippen LogP contribution in [0.3, 0.4) is 0 Å². The maximum absolute atomic E-state index is 13.4. The van der Waals surface area contributed by atoms with Crippen molar-refractivity contribution in [1.82, 2.24) is 14.9 Å². The SMILES string of the molecule is CC1(C(=O)O)CCCN2C(=O)CCC(N3C(=O)c4ccccc4C3=O)C(=O)N21. The van der Waals surface area contributed by atoms with Crippen LogP contribution in [0.15, 0.2) is 24.3 Å². The van der Waals surface area contributed by atoms with E-state index in [0.717, 1.165) is 14.9 Å². The van der Waals surface area contributed by atoms with Crippen LogP contribution in [0.2, 0.25) is 0 Å². The molecule has 4 amide bonds. The number of carboxylic acid groups (broad SMARTS) is 1. The molecule has 3 aliphatic heterocycles. The summed E-state index contributed by atoms with van der Waals surface area (Å²) in [6, 6.07) is 5.05. The van der Waals surface area contributed by atoms with Crippen molar-refractivity contribution < 1.29 is 29.1 Å². The standard InChI is InChI=1S/C19H19N3O6/c1-19(18(27)28)9-4-10-20-14(23)8-7-13(17(26)22(19)20)21-15(24)11-5-2-3-6-12(11)16(21)25/h2-3,5-6,13H,4,7-10H2,1H3,(H,27,28). The minimum Gasteiger partial charge on any atom is -0.479 e. The monoisotopic (exact) mass is 385 g/mol. The maximum Gasteiger partial charge on any atom is 0.331 e. The number of amides is 4. The van der Waals surface area contributed by atoms with Crippen molar-refractivity contribution >= 4 is 29.6 Å². The number of fused-ring (bicyclic) bond motifs is 2. The molecule has 1 N–H and O–H groups in total. The zero-order valence-corrected chi connectivity index (χ0v) is 15.3. The van der Waals surface area contributed by atoms with Crippen molar-refractivity contribution in [2.75, 3.05) is 6.54 Å². The van der Waals surface area contributed by atoms with E-state index in [2.05, 4.69) is 0 Å². The van der Waals surface area contributed by atoms with Crippen LogP contribution in [0.1, 0.15) is 53.3 Å². The molecule has 0 aliphatic carbocycles. The average Bonchev–Trinajstić information content (AvgIpc) is 2.84. The normalized spacial score (nSPS) is 27.6. The lowest BCUT2D eigenvalue weighted by Gasteiger charge is -2.48. The summed E-state index contributed by atoms with van der Waals surface area (Å²) >= 11 is 0. The van der Waals surface area contributed by atoms with E-state index in [1.54, 1.807) is 12.1 Å². The molecule has 3 aliphatic rings. The first-order chi connectivity index (χ1) is 13.3. The second-order valence-corrected chi connectivity index (χ2v) is 7.43.